The number of nitrogens with zero attached hydrogens (tertiary/aromatic N) is 4. The summed E-state index contributed by atoms with van der Waals surface area (Å²) in [6.45, 7) is 0.674. The predicted molar refractivity (Wildman–Crippen MR) is 76.9 cm³/mol. The van der Waals surface area contributed by atoms with E-state index in [4.69, 9.17) is 0 Å². The summed E-state index contributed by atoms with van der Waals surface area (Å²) in [7, 11) is 1.93. The maximum absolute atomic E-state index is 11.4. The highest BCUT2D eigenvalue weighted by Crippen LogP contribution is 2.20. The Morgan fingerprint density at radius 2 is 2.05 bits per heavy atom. The van der Waals surface area contributed by atoms with E-state index >= 15 is 0 Å². The summed E-state index contributed by atoms with van der Waals surface area (Å²) in [5.41, 5.74) is 2.46. The fourth-order valence-corrected chi connectivity index (χ4v) is 2.23. The number of hydrogen-bond donors (Lipinski definition) is 0. The van der Waals surface area contributed by atoms with Gasteiger partial charge in [0.1, 0.15) is 11.3 Å². The summed E-state index contributed by atoms with van der Waals surface area (Å²) in [5.74, 6) is 0.683. The fourth-order valence-electron chi connectivity index (χ4n) is 2.23. The van der Waals surface area contributed by atoms with Crippen molar-refractivity contribution < 1.29 is 4.79 Å². The number of aromatic nitrogens is 3. The molecular formula is C15H14N4O. The monoisotopic (exact) mass is 266 g/mol. The molecule has 3 aromatic heterocycles. The van der Waals surface area contributed by atoms with Crippen LogP contribution in [0.25, 0.3) is 5.65 Å². The van der Waals surface area contributed by atoms with Gasteiger partial charge in [-0.2, -0.15) is 0 Å². The third-order valence-electron chi connectivity index (χ3n) is 3.19. The van der Waals surface area contributed by atoms with Crippen molar-refractivity contribution in [1.29, 1.82) is 0 Å². The Morgan fingerprint density at radius 3 is 2.80 bits per heavy atom. The van der Waals surface area contributed by atoms with Crippen molar-refractivity contribution >= 4 is 17.8 Å². The van der Waals surface area contributed by atoms with E-state index in [1.165, 1.54) is 0 Å². The van der Waals surface area contributed by atoms with Crippen molar-refractivity contribution in [3.8, 4) is 0 Å². The number of imidazole rings is 1. The maximum atomic E-state index is 11.4. The van der Waals surface area contributed by atoms with Gasteiger partial charge in [0.25, 0.3) is 0 Å². The average molecular weight is 266 g/mol. The van der Waals surface area contributed by atoms with Gasteiger partial charge in [-0.3, -0.25) is 14.2 Å². The van der Waals surface area contributed by atoms with Gasteiger partial charge in [0, 0.05) is 32.2 Å². The summed E-state index contributed by atoms with van der Waals surface area (Å²) >= 11 is 0. The van der Waals surface area contributed by atoms with E-state index in [0.717, 1.165) is 17.5 Å². The molecule has 5 heteroatoms. The lowest BCUT2D eigenvalue weighted by atomic mass is 10.2. The second-order valence-corrected chi connectivity index (χ2v) is 4.58. The van der Waals surface area contributed by atoms with Gasteiger partial charge in [-0.15, -0.1) is 0 Å². The summed E-state index contributed by atoms with van der Waals surface area (Å²) < 4.78 is 1.80. The second-order valence-electron chi connectivity index (χ2n) is 4.58. The van der Waals surface area contributed by atoms with Crippen LogP contribution in [-0.2, 0) is 6.54 Å². The molecule has 0 aliphatic heterocycles. The van der Waals surface area contributed by atoms with Crippen LogP contribution in [0, 0.1) is 0 Å². The first kappa shape index (κ1) is 12.3. The summed E-state index contributed by atoms with van der Waals surface area (Å²) in [6, 6.07) is 9.58. The Kier molecular flexibility index (Phi) is 3.16. The highest BCUT2D eigenvalue weighted by Gasteiger charge is 2.15. The Hall–Kier alpha value is -2.69. The lowest BCUT2D eigenvalue weighted by molar-refractivity contribution is 0.111. The molecule has 100 valence electrons. The number of anilines is 1. The lowest BCUT2D eigenvalue weighted by Gasteiger charge is -2.16. The molecule has 0 bridgehead atoms. The highest BCUT2D eigenvalue weighted by atomic mass is 16.1. The minimum absolute atomic E-state index is 0.567. The average Bonchev–Trinajstić information content (AvgIpc) is 2.87. The molecule has 0 spiro atoms. The van der Waals surface area contributed by atoms with Gasteiger partial charge in [-0.05, 0) is 29.8 Å². The maximum Gasteiger partial charge on any atom is 0.170 e. The fraction of sp³-hybridized carbons (Fsp3) is 0.133. The topological polar surface area (TPSA) is 50.5 Å². The number of carbonyl (C=O) groups is 1. The molecule has 0 unspecified atom stereocenters. The molecule has 0 aliphatic rings. The smallest absolute Gasteiger partial charge is 0.170 e. The van der Waals surface area contributed by atoms with Crippen molar-refractivity contribution in [3.05, 3.63) is 60.2 Å². The van der Waals surface area contributed by atoms with Crippen LogP contribution in [0.2, 0.25) is 0 Å². The molecular weight excluding hydrogens is 252 g/mol. The van der Waals surface area contributed by atoms with Gasteiger partial charge in [0.05, 0.1) is 0 Å². The molecule has 0 fully saturated rings. The molecule has 0 aliphatic carbocycles. The first-order valence-corrected chi connectivity index (χ1v) is 6.32. The van der Waals surface area contributed by atoms with Gasteiger partial charge in [0.2, 0.25) is 0 Å². The van der Waals surface area contributed by atoms with E-state index in [1.807, 2.05) is 48.5 Å². The van der Waals surface area contributed by atoms with E-state index in [-0.39, 0.29) is 0 Å². The molecule has 0 N–H and O–H groups in total. The molecule has 0 saturated heterocycles. The normalized spacial score (nSPS) is 10.7. The third kappa shape index (κ3) is 2.14. The van der Waals surface area contributed by atoms with E-state index in [0.29, 0.717) is 18.1 Å². The number of hydrogen-bond acceptors (Lipinski definition) is 4. The van der Waals surface area contributed by atoms with Crippen LogP contribution < -0.4 is 4.90 Å². The lowest BCUT2D eigenvalue weighted by Crippen LogP contribution is -2.18. The van der Waals surface area contributed by atoms with E-state index in [1.54, 1.807) is 16.8 Å². The molecule has 5 nitrogen and oxygen atoms in total. The van der Waals surface area contributed by atoms with Crippen LogP contribution in [0.5, 0.6) is 0 Å². The number of pyridine rings is 2. The molecule has 3 rings (SSSR count). The summed E-state index contributed by atoms with van der Waals surface area (Å²) in [6.07, 6.45) is 6.20. The largest absolute Gasteiger partial charge is 0.353 e. The molecule has 0 atom stereocenters. The SMILES string of the molecule is CN(Cc1ccncc1)c1nc2ccccn2c1C=O. The minimum atomic E-state index is 0.567. The van der Waals surface area contributed by atoms with Gasteiger partial charge in [-0.25, -0.2) is 4.98 Å². The van der Waals surface area contributed by atoms with Crippen molar-refractivity contribution in [2.75, 3.05) is 11.9 Å². The number of aldehydes is 1. The minimum Gasteiger partial charge on any atom is -0.353 e. The Balaban J connectivity index is 1.99. The third-order valence-corrected chi connectivity index (χ3v) is 3.19. The van der Waals surface area contributed by atoms with Crippen molar-refractivity contribution in [1.82, 2.24) is 14.4 Å². The van der Waals surface area contributed by atoms with E-state index in [9.17, 15) is 4.79 Å². The van der Waals surface area contributed by atoms with Crippen LogP contribution in [0.4, 0.5) is 5.82 Å². The number of rotatable bonds is 4. The summed E-state index contributed by atoms with van der Waals surface area (Å²) in [4.78, 5) is 21.8. The zero-order valence-electron chi connectivity index (χ0n) is 11.1. The Labute approximate surface area is 116 Å². The molecule has 20 heavy (non-hydrogen) atoms. The number of carbonyl (C=O) groups excluding carboxylic acids is 1. The van der Waals surface area contributed by atoms with Crippen LogP contribution >= 0.6 is 0 Å². The molecule has 0 aromatic carbocycles. The Bertz CT molecular complexity index is 736. The number of fused-ring (bicyclic) bond motifs is 1. The van der Waals surface area contributed by atoms with Crippen LogP contribution in [-0.4, -0.2) is 27.7 Å². The van der Waals surface area contributed by atoms with Crippen molar-refractivity contribution in [2.24, 2.45) is 0 Å². The highest BCUT2D eigenvalue weighted by molar-refractivity contribution is 5.83. The van der Waals surface area contributed by atoms with Crippen molar-refractivity contribution in [2.45, 2.75) is 6.54 Å². The van der Waals surface area contributed by atoms with Crippen LogP contribution in [0.15, 0.2) is 48.9 Å². The van der Waals surface area contributed by atoms with Gasteiger partial charge in [-0.1, -0.05) is 6.07 Å². The van der Waals surface area contributed by atoms with E-state index < -0.39 is 0 Å². The summed E-state index contributed by atoms with van der Waals surface area (Å²) in [5, 5.41) is 0. The first-order chi connectivity index (χ1) is 9.79. The quantitative estimate of drug-likeness (QED) is 0.679. The van der Waals surface area contributed by atoms with Crippen molar-refractivity contribution in [3.63, 3.8) is 0 Å². The first-order valence-electron chi connectivity index (χ1n) is 6.32. The van der Waals surface area contributed by atoms with Gasteiger partial charge in [0.15, 0.2) is 12.1 Å². The van der Waals surface area contributed by atoms with E-state index in [2.05, 4.69) is 9.97 Å². The predicted octanol–water partition coefficient (Wildman–Crippen LogP) is 2.18. The standard InChI is InChI=1S/C15H14N4O/c1-18(10-12-5-7-16-8-6-12)15-13(11-20)19-9-3-2-4-14(19)17-15/h2-9,11H,10H2,1H3. The molecule has 0 amide bonds. The zero-order chi connectivity index (χ0) is 13.9. The Morgan fingerprint density at radius 1 is 1.25 bits per heavy atom. The van der Waals surface area contributed by atoms with Crippen LogP contribution in [0.3, 0.4) is 0 Å². The zero-order valence-corrected chi connectivity index (χ0v) is 11.1. The van der Waals surface area contributed by atoms with Crippen LogP contribution in [0.1, 0.15) is 16.1 Å². The second kappa shape index (κ2) is 5.13. The molecule has 3 heterocycles. The molecule has 0 saturated carbocycles. The van der Waals surface area contributed by atoms with Gasteiger partial charge < -0.3 is 4.90 Å². The van der Waals surface area contributed by atoms with Gasteiger partial charge >= 0.3 is 0 Å². The molecule has 0 radical (unpaired) electrons. The molecule has 3 aromatic rings.